The van der Waals surface area contributed by atoms with Crippen LogP contribution in [0.5, 0.6) is 0 Å². The van der Waals surface area contributed by atoms with Crippen LogP contribution < -0.4 is 0 Å². The second-order valence-corrected chi connectivity index (χ2v) is 9.43. The van der Waals surface area contributed by atoms with Gasteiger partial charge in [0.05, 0.1) is 1.37 Å². The van der Waals surface area contributed by atoms with E-state index in [0.29, 0.717) is 41.6 Å². The number of rotatable bonds is 6. The van der Waals surface area contributed by atoms with Crippen molar-refractivity contribution in [2.24, 2.45) is 0 Å². The molecule has 4 rings (SSSR count). The van der Waals surface area contributed by atoms with Crippen LogP contribution in [0, 0.1) is 0 Å². The van der Waals surface area contributed by atoms with E-state index in [9.17, 15) is 9.59 Å². The number of carbonyl (C=O) groups is 2. The molecule has 2 aliphatic heterocycles. The standard InChI is InChI=1S/C24H34ClN5O2.ClH/c1-3-8-30(24(32)22-16-18-15-19(25)4-5-21(18)26-22)17-23(31)29-13-11-28(12-14-29)20-6-9-27(2)10-7-20;/h4-5,15-16,20,26H,3,6-14,17H2,1-2H3;1H/i16D;. The smallest absolute Gasteiger partial charge is 0.270 e. The van der Waals surface area contributed by atoms with Crippen LogP contribution in [-0.2, 0) is 4.79 Å². The number of nitrogens with one attached hydrogen (secondary N) is 1. The molecule has 0 unspecified atom stereocenters. The first-order valence-electron chi connectivity index (χ1n) is 12.1. The number of halogens is 2. The third kappa shape index (κ3) is 6.21. The Morgan fingerprint density at radius 2 is 1.88 bits per heavy atom. The minimum Gasteiger partial charge on any atom is -0.351 e. The Balaban J connectivity index is 0.00000324. The van der Waals surface area contributed by atoms with E-state index in [0.717, 1.165) is 32.6 Å². The molecule has 2 fully saturated rings. The highest BCUT2D eigenvalue weighted by atomic mass is 35.5. The average molecular weight is 497 g/mol. The van der Waals surface area contributed by atoms with Gasteiger partial charge in [-0.25, -0.2) is 0 Å². The number of piperazine rings is 1. The van der Waals surface area contributed by atoms with Crippen LogP contribution in [0.1, 0.15) is 38.0 Å². The first-order chi connectivity index (χ1) is 15.9. The van der Waals surface area contributed by atoms with Crippen molar-refractivity contribution >= 4 is 46.7 Å². The molecule has 1 aromatic carbocycles. The molecule has 33 heavy (non-hydrogen) atoms. The molecule has 9 heteroatoms. The Morgan fingerprint density at radius 3 is 2.55 bits per heavy atom. The van der Waals surface area contributed by atoms with Crippen LogP contribution in [0.2, 0.25) is 5.02 Å². The lowest BCUT2D eigenvalue weighted by atomic mass is 10.0. The first-order valence-corrected chi connectivity index (χ1v) is 12.0. The van der Waals surface area contributed by atoms with E-state index >= 15 is 0 Å². The van der Waals surface area contributed by atoms with Gasteiger partial charge in [-0.15, -0.1) is 12.4 Å². The normalized spacial score (nSPS) is 18.8. The molecular formula is C24H35Cl2N5O2. The van der Waals surface area contributed by atoms with Crippen molar-refractivity contribution in [1.82, 2.24) is 24.6 Å². The summed E-state index contributed by atoms with van der Waals surface area (Å²) in [6.07, 6.45) is 3.12. The zero-order valence-corrected chi connectivity index (χ0v) is 21.1. The predicted octanol–water partition coefficient (Wildman–Crippen LogP) is 3.33. The lowest BCUT2D eigenvalue weighted by Crippen LogP contribution is -2.55. The Bertz CT molecular complexity index is 1000. The molecule has 3 heterocycles. The van der Waals surface area contributed by atoms with Gasteiger partial charge in [-0.05, 0) is 63.6 Å². The maximum Gasteiger partial charge on any atom is 0.270 e. The number of fused-ring (bicyclic) bond motifs is 1. The fraction of sp³-hybridized carbons (Fsp3) is 0.583. The molecule has 0 radical (unpaired) electrons. The molecule has 0 bridgehead atoms. The maximum atomic E-state index is 13.3. The van der Waals surface area contributed by atoms with Crippen molar-refractivity contribution < 1.29 is 11.0 Å². The van der Waals surface area contributed by atoms with E-state index in [1.165, 1.54) is 12.8 Å². The number of likely N-dealkylation sites (tertiary alicyclic amines) is 1. The number of H-pyrrole nitrogens is 1. The molecule has 0 atom stereocenters. The molecule has 7 nitrogen and oxygen atoms in total. The Morgan fingerprint density at radius 1 is 1.18 bits per heavy atom. The number of nitrogens with zero attached hydrogens (tertiary/aromatic N) is 4. The summed E-state index contributed by atoms with van der Waals surface area (Å²) in [5.41, 5.74) is 0.904. The molecule has 2 aromatic rings. The number of aromatic nitrogens is 1. The lowest BCUT2D eigenvalue weighted by Gasteiger charge is -2.42. The fourth-order valence-corrected chi connectivity index (χ4v) is 4.95. The van der Waals surface area contributed by atoms with Crippen molar-refractivity contribution in [3.05, 3.63) is 35.0 Å². The van der Waals surface area contributed by atoms with Gasteiger partial charge in [0.2, 0.25) is 5.91 Å². The Labute approximate surface area is 208 Å². The van der Waals surface area contributed by atoms with Gasteiger partial charge < -0.3 is 19.7 Å². The van der Waals surface area contributed by atoms with Crippen molar-refractivity contribution in [2.75, 3.05) is 59.4 Å². The van der Waals surface area contributed by atoms with Crippen molar-refractivity contribution in [3.8, 4) is 0 Å². The van der Waals surface area contributed by atoms with Gasteiger partial charge in [0.1, 0.15) is 12.2 Å². The van der Waals surface area contributed by atoms with E-state index in [4.69, 9.17) is 13.0 Å². The Hall–Kier alpha value is -1.80. The van der Waals surface area contributed by atoms with Crippen LogP contribution in [0.15, 0.2) is 24.2 Å². The predicted molar refractivity (Wildman–Crippen MR) is 135 cm³/mol. The third-order valence-electron chi connectivity index (χ3n) is 6.69. The quantitative estimate of drug-likeness (QED) is 0.665. The number of carbonyl (C=O) groups excluding carboxylic acids is 2. The molecule has 2 aliphatic rings. The summed E-state index contributed by atoms with van der Waals surface area (Å²) >= 11 is 6.06. The average Bonchev–Trinajstić information content (AvgIpc) is 3.14. The summed E-state index contributed by atoms with van der Waals surface area (Å²) in [5, 5.41) is 1.13. The molecule has 0 aliphatic carbocycles. The number of hydrogen-bond donors (Lipinski definition) is 1. The van der Waals surface area contributed by atoms with Gasteiger partial charge in [0.25, 0.3) is 5.91 Å². The molecule has 182 valence electrons. The van der Waals surface area contributed by atoms with Crippen LogP contribution in [-0.4, -0.2) is 102 Å². The highest BCUT2D eigenvalue weighted by Crippen LogP contribution is 2.21. The van der Waals surface area contributed by atoms with Gasteiger partial charge in [0, 0.05) is 54.7 Å². The number of hydrogen-bond acceptors (Lipinski definition) is 4. The minimum atomic E-state index is -0.313. The number of piperidine rings is 1. The number of benzene rings is 1. The molecule has 1 N–H and O–H groups in total. The highest BCUT2D eigenvalue weighted by molar-refractivity contribution is 6.31. The molecular weight excluding hydrogens is 461 g/mol. The summed E-state index contributed by atoms with van der Waals surface area (Å²) in [7, 11) is 2.17. The van der Waals surface area contributed by atoms with Gasteiger partial charge in [-0.1, -0.05) is 18.5 Å². The summed E-state index contributed by atoms with van der Waals surface area (Å²) in [6, 6.07) is 5.92. The second-order valence-electron chi connectivity index (χ2n) is 8.99. The summed E-state index contributed by atoms with van der Waals surface area (Å²) < 4.78 is 8.44. The monoisotopic (exact) mass is 496 g/mol. The van der Waals surface area contributed by atoms with Crippen molar-refractivity contribution in [3.63, 3.8) is 0 Å². The number of amides is 2. The van der Waals surface area contributed by atoms with Gasteiger partial charge in [-0.3, -0.25) is 14.5 Å². The lowest BCUT2D eigenvalue weighted by molar-refractivity contribution is -0.134. The van der Waals surface area contributed by atoms with Crippen molar-refractivity contribution in [2.45, 2.75) is 32.2 Å². The minimum absolute atomic E-state index is 0. The largest absolute Gasteiger partial charge is 0.351 e. The number of aromatic amines is 1. The first kappa shape index (κ1) is 24.3. The molecule has 2 amide bonds. The van der Waals surface area contributed by atoms with Gasteiger partial charge in [0.15, 0.2) is 0 Å². The van der Waals surface area contributed by atoms with Gasteiger partial charge in [-0.2, -0.15) is 0 Å². The van der Waals surface area contributed by atoms with Crippen LogP contribution in [0.3, 0.4) is 0 Å². The zero-order chi connectivity index (χ0) is 23.5. The summed E-state index contributed by atoms with van der Waals surface area (Å²) in [4.78, 5) is 37.8. The SMILES string of the molecule is Cl.[2H]c1c(C(=O)N(CCC)CC(=O)N2CCN(C3CCN(C)CC3)CC2)[nH]c2ccc(Cl)cc12. The van der Waals surface area contributed by atoms with E-state index in [1.807, 2.05) is 11.8 Å². The Kier molecular flexibility index (Phi) is 8.52. The van der Waals surface area contributed by atoms with E-state index in [1.54, 1.807) is 23.1 Å². The summed E-state index contributed by atoms with van der Waals surface area (Å²) in [6.45, 7) is 7.94. The molecule has 0 spiro atoms. The summed E-state index contributed by atoms with van der Waals surface area (Å²) in [5.74, 6) is -0.335. The molecule has 0 saturated carbocycles. The van der Waals surface area contributed by atoms with Crippen LogP contribution >= 0.6 is 24.0 Å². The van der Waals surface area contributed by atoms with Gasteiger partial charge >= 0.3 is 0 Å². The van der Waals surface area contributed by atoms with Crippen LogP contribution in [0.4, 0.5) is 0 Å². The second kappa shape index (κ2) is 11.6. The van der Waals surface area contributed by atoms with E-state index in [2.05, 4.69) is 21.8 Å². The van der Waals surface area contributed by atoms with Crippen LogP contribution in [0.25, 0.3) is 10.9 Å². The van der Waals surface area contributed by atoms with E-state index in [-0.39, 0.29) is 42.5 Å². The van der Waals surface area contributed by atoms with E-state index < -0.39 is 0 Å². The maximum absolute atomic E-state index is 13.3. The highest BCUT2D eigenvalue weighted by Gasteiger charge is 2.29. The molecule has 1 aromatic heterocycles. The topological polar surface area (TPSA) is 62.9 Å². The fourth-order valence-electron chi connectivity index (χ4n) is 4.78. The third-order valence-corrected chi connectivity index (χ3v) is 6.93. The zero-order valence-electron chi connectivity index (χ0n) is 20.5. The van der Waals surface area contributed by atoms with Crippen molar-refractivity contribution in [1.29, 1.82) is 0 Å². The molecule has 2 saturated heterocycles.